The molecule has 1 atom stereocenters. The van der Waals surface area contributed by atoms with Gasteiger partial charge in [0.25, 0.3) is 0 Å². The fourth-order valence-electron chi connectivity index (χ4n) is 4.62. The Morgan fingerprint density at radius 3 is 1.93 bits per heavy atom. The number of hydrogen-bond donors (Lipinski definition) is 1. The molecule has 1 unspecified atom stereocenters. The predicted octanol–water partition coefficient (Wildman–Crippen LogP) is 5.31. The van der Waals surface area contributed by atoms with E-state index in [2.05, 4.69) is 21.2 Å². The average molecular weight is 426 g/mol. The molecule has 3 aromatic carbocycles. The van der Waals surface area contributed by atoms with E-state index in [0.717, 1.165) is 26.9 Å². The average Bonchev–Trinajstić information content (AvgIpc) is 3.29. The van der Waals surface area contributed by atoms with Crippen molar-refractivity contribution < 1.29 is 13.6 Å². The van der Waals surface area contributed by atoms with E-state index in [-0.39, 0.29) is 17.5 Å². The third kappa shape index (κ3) is 2.12. The molecule has 1 heterocycles. The number of carbonyl (C=O) groups excluding carboxylic acids is 1. The van der Waals surface area contributed by atoms with E-state index in [0.29, 0.717) is 6.42 Å². The summed E-state index contributed by atoms with van der Waals surface area (Å²) >= 11 is 3.50. The van der Waals surface area contributed by atoms with Crippen molar-refractivity contribution in [2.75, 3.05) is 5.32 Å². The summed E-state index contributed by atoms with van der Waals surface area (Å²) in [6, 6.07) is 18.2. The maximum atomic E-state index is 13.6. The molecule has 1 amide bonds. The summed E-state index contributed by atoms with van der Waals surface area (Å²) < 4.78 is 28.0. The van der Waals surface area contributed by atoms with Crippen molar-refractivity contribution in [3.05, 3.63) is 99.5 Å². The van der Waals surface area contributed by atoms with Crippen LogP contribution in [-0.4, -0.2) is 5.91 Å². The van der Waals surface area contributed by atoms with Crippen molar-refractivity contribution in [2.45, 2.75) is 17.3 Å². The molecule has 1 saturated carbocycles. The standard InChI is InChI=1S/C22H14BrF2NO/c23-15-5-10-19-18(11-15)22(20(27)26-19)12-21(22,13-1-6-16(24)7-2-13)14-3-8-17(25)9-4-14/h1-11H,12H2,(H,26,27). The lowest BCUT2D eigenvalue weighted by atomic mass is 9.77. The van der Waals surface area contributed by atoms with Crippen molar-refractivity contribution in [3.8, 4) is 0 Å². The van der Waals surface area contributed by atoms with E-state index < -0.39 is 10.8 Å². The minimum absolute atomic E-state index is 0.0794. The molecule has 1 fully saturated rings. The summed E-state index contributed by atoms with van der Waals surface area (Å²) in [5, 5.41) is 2.99. The molecular formula is C22H14BrF2NO. The SMILES string of the molecule is O=C1Nc2ccc(Br)cc2C12CC2(c1ccc(F)cc1)c1ccc(F)cc1. The first-order chi connectivity index (χ1) is 13.0. The van der Waals surface area contributed by atoms with Gasteiger partial charge in [-0.15, -0.1) is 0 Å². The van der Waals surface area contributed by atoms with E-state index in [4.69, 9.17) is 0 Å². The van der Waals surface area contributed by atoms with Crippen molar-refractivity contribution in [1.82, 2.24) is 0 Å². The highest BCUT2D eigenvalue weighted by Gasteiger charge is 2.76. The van der Waals surface area contributed by atoms with E-state index in [1.165, 1.54) is 24.3 Å². The molecule has 0 saturated heterocycles. The number of halogens is 3. The van der Waals surface area contributed by atoms with E-state index in [9.17, 15) is 13.6 Å². The van der Waals surface area contributed by atoms with Gasteiger partial charge in [0.05, 0.1) is 5.41 Å². The van der Waals surface area contributed by atoms with Gasteiger partial charge in [-0.05, 0) is 65.6 Å². The molecule has 0 aromatic heterocycles. The topological polar surface area (TPSA) is 29.1 Å². The zero-order valence-corrected chi connectivity index (χ0v) is 15.7. The van der Waals surface area contributed by atoms with Crippen LogP contribution in [0.25, 0.3) is 0 Å². The first-order valence-corrected chi connectivity index (χ1v) is 9.40. The van der Waals surface area contributed by atoms with Crippen LogP contribution < -0.4 is 5.32 Å². The van der Waals surface area contributed by atoms with Gasteiger partial charge in [-0.3, -0.25) is 4.79 Å². The molecule has 2 aliphatic rings. The minimum atomic E-state index is -0.790. The first kappa shape index (κ1) is 16.6. The number of nitrogens with one attached hydrogen (secondary N) is 1. The van der Waals surface area contributed by atoms with Gasteiger partial charge in [-0.1, -0.05) is 40.2 Å². The maximum absolute atomic E-state index is 13.6. The third-order valence-electron chi connectivity index (χ3n) is 5.89. The highest BCUT2D eigenvalue weighted by molar-refractivity contribution is 9.10. The Morgan fingerprint density at radius 2 is 1.37 bits per heavy atom. The van der Waals surface area contributed by atoms with Crippen LogP contribution in [0.3, 0.4) is 0 Å². The molecule has 3 aromatic rings. The number of carbonyl (C=O) groups is 1. The van der Waals surface area contributed by atoms with Crippen LogP contribution in [0, 0.1) is 11.6 Å². The maximum Gasteiger partial charge on any atom is 0.236 e. The molecule has 2 nitrogen and oxygen atoms in total. The third-order valence-corrected chi connectivity index (χ3v) is 6.38. The number of rotatable bonds is 2. The van der Waals surface area contributed by atoms with Gasteiger partial charge in [-0.2, -0.15) is 0 Å². The summed E-state index contributed by atoms with van der Waals surface area (Å²) in [6.07, 6.45) is 0.548. The van der Waals surface area contributed by atoms with Crippen LogP contribution in [0.15, 0.2) is 71.2 Å². The smallest absolute Gasteiger partial charge is 0.236 e. The molecule has 0 bridgehead atoms. The Bertz CT molecular complexity index is 1030. The van der Waals surface area contributed by atoms with Gasteiger partial charge in [-0.25, -0.2) is 8.78 Å². The number of hydrogen-bond acceptors (Lipinski definition) is 1. The van der Waals surface area contributed by atoms with Gasteiger partial charge in [0.2, 0.25) is 5.91 Å². The van der Waals surface area contributed by atoms with Crippen LogP contribution in [-0.2, 0) is 15.6 Å². The molecule has 27 heavy (non-hydrogen) atoms. The van der Waals surface area contributed by atoms with Gasteiger partial charge in [0.1, 0.15) is 11.6 Å². The largest absolute Gasteiger partial charge is 0.325 e. The van der Waals surface area contributed by atoms with Gasteiger partial charge < -0.3 is 5.32 Å². The van der Waals surface area contributed by atoms with Crippen LogP contribution in [0.1, 0.15) is 23.1 Å². The summed E-state index contributed by atoms with van der Waals surface area (Å²) in [6.45, 7) is 0. The van der Waals surface area contributed by atoms with Crippen molar-refractivity contribution in [1.29, 1.82) is 0 Å². The van der Waals surface area contributed by atoms with Crippen LogP contribution >= 0.6 is 15.9 Å². The Morgan fingerprint density at radius 1 is 0.815 bits per heavy atom. The lowest BCUT2D eigenvalue weighted by Crippen LogP contribution is -2.30. The quantitative estimate of drug-likeness (QED) is 0.592. The lowest BCUT2D eigenvalue weighted by Gasteiger charge is -2.23. The van der Waals surface area contributed by atoms with Gasteiger partial charge >= 0.3 is 0 Å². The normalized spacial score (nSPS) is 21.8. The zero-order valence-electron chi connectivity index (χ0n) is 14.1. The first-order valence-electron chi connectivity index (χ1n) is 8.61. The molecule has 1 spiro atoms. The fourth-order valence-corrected chi connectivity index (χ4v) is 4.98. The second-order valence-corrected chi connectivity index (χ2v) is 8.06. The van der Waals surface area contributed by atoms with Crippen molar-refractivity contribution in [2.24, 2.45) is 0 Å². The summed E-state index contributed by atoms with van der Waals surface area (Å²) in [5.74, 6) is -0.743. The molecular weight excluding hydrogens is 412 g/mol. The molecule has 1 aliphatic carbocycles. The zero-order chi connectivity index (χ0) is 18.8. The molecule has 1 N–H and O–H groups in total. The van der Waals surface area contributed by atoms with Crippen LogP contribution in [0.4, 0.5) is 14.5 Å². The number of benzene rings is 3. The van der Waals surface area contributed by atoms with E-state index in [1.54, 1.807) is 24.3 Å². The number of anilines is 1. The second-order valence-electron chi connectivity index (χ2n) is 7.15. The van der Waals surface area contributed by atoms with E-state index >= 15 is 0 Å². The monoisotopic (exact) mass is 425 g/mol. The lowest BCUT2D eigenvalue weighted by molar-refractivity contribution is -0.118. The minimum Gasteiger partial charge on any atom is -0.325 e. The second kappa shape index (κ2) is 5.49. The summed E-state index contributed by atoms with van der Waals surface area (Å²) in [7, 11) is 0. The van der Waals surface area contributed by atoms with Crippen LogP contribution in [0.2, 0.25) is 0 Å². The number of fused-ring (bicyclic) bond motifs is 2. The number of amides is 1. The summed E-state index contributed by atoms with van der Waals surface area (Å²) in [4.78, 5) is 13.1. The highest BCUT2D eigenvalue weighted by atomic mass is 79.9. The Labute approximate surface area is 163 Å². The fraction of sp³-hybridized carbons (Fsp3) is 0.136. The van der Waals surface area contributed by atoms with Gasteiger partial charge in [0.15, 0.2) is 0 Å². The highest BCUT2D eigenvalue weighted by Crippen LogP contribution is 2.72. The molecule has 1 aliphatic heterocycles. The molecule has 5 rings (SSSR count). The molecule has 0 radical (unpaired) electrons. The van der Waals surface area contributed by atoms with Gasteiger partial charge in [0, 0.05) is 15.6 Å². The molecule has 5 heteroatoms. The van der Waals surface area contributed by atoms with Crippen LogP contribution in [0.5, 0.6) is 0 Å². The summed E-state index contributed by atoms with van der Waals surface area (Å²) in [5.41, 5.74) is 1.94. The van der Waals surface area contributed by atoms with E-state index in [1.807, 2.05) is 18.2 Å². The van der Waals surface area contributed by atoms with Crippen molar-refractivity contribution in [3.63, 3.8) is 0 Å². The molecule has 134 valence electrons. The van der Waals surface area contributed by atoms with Crippen molar-refractivity contribution >= 4 is 27.5 Å². The predicted molar refractivity (Wildman–Crippen MR) is 103 cm³/mol. The Kier molecular flexibility index (Phi) is 3.38. The Balaban J connectivity index is 1.78. The Hall–Kier alpha value is -2.53.